The van der Waals surface area contributed by atoms with Crippen molar-refractivity contribution in [2.45, 2.75) is 57.1 Å². The number of carbonyl (C=O) groups excluding carboxylic acids is 6. The van der Waals surface area contributed by atoms with E-state index in [9.17, 15) is 49.2 Å². The molecule has 0 unspecified atom stereocenters. The first-order valence-corrected chi connectivity index (χ1v) is 17.0. The summed E-state index contributed by atoms with van der Waals surface area (Å²) in [5.41, 5.74) is 1.65. The number of anilines is 2. The number of ketones is 2. The van der Waals surface area contributed by atoms with Gasteiger partial charge in [0.15, 0.2) is 17.1 Å². The second-order valence-electron chi connectivity index (χ2n) is 14.1. The Balaban J connectivity index is 1.45. The number of aromatic hydroxyl groups is 1. The van der Waals surface area contributed by atoms with Gasteiger partial charge in [-0.25, -0.2) is 4.79 Å². The number of fused-ring (bicyclic) bond motifs is 3. The van der Waals surface area contributed by atoms with E-state index in [0.717, 1.165) is 11.3 Å². The summed E-state index contributed by atoms with van der Waals surface area (Å²) in [5, 5.41) is 48.5. The fourth-order valence-electron chi connectivity index (χ4n) is 7.65. The zero-order chi connectivity index (χ0) is 38.4. The van der Waals surface area contributed by atoms with Gasteiger partial charge in [-0.1, -0.05) is 13.3 Å². The fourth-order valence-corrected chi connectivity index (χ4v) is 7.65. The molecule has 282 valence electrons. The van der Waals surface area contributed by atoms with Crippen LogP contribution in [0.3, 0.4) is 0 Å². The van der Waals surface area contributed by atoms with E-state index in [1.807, 2.05) is 0 Å². The van der Waals surface area contributed by atoms with Crippen molar-refractivity contribution in [3.8, 4) is 5.75 Å². The van der Waals surface area contributed by atoms with Crippen LogP contribution in [-0.4, -0.2) is 125 Å². The smallest absolute Gasteiger partial charge is 0.413 e. The molecule has 0 bridgehead atoms. The summed E-state index contributed by atoms with van der Waals surface area (Å²) in [6.45, 7) is 0.746. The number of esters is 1. The topological polar surface area (TPSA) is 250 Å². The number of allylic oxidation sites excluding steroid dienone is 1. The Morgan fingerprint density at radius 3 is 2.29 bits per heavy atom. The number of aliphatic hydroxyl groups excluding tert-OH is 2. The van der Waals surface area contributed by atoms with E-state index in [4.69, 9.17) is 15.2 Å². The summed E-state index contributed by atoms with van der Waals surface area (Å²) < 4.78 is 10.1. The van der Waals surface area contributed by atoms with Crippen molar-refractivity contribution < 1.29 is 58.7 Å². The SMILES string of the molecule is CCCN(CC(=O)Nc1cc(N(C)C)c2c(c1O)C(=O)C1=C(O)[C@]3(O)C(=O)C(C(N)=O)=C(O)[C@@H](N(C)C)[C@@H]3C[C@@H]1C2)C(=O)OCOC(=O)C1CCC1. The molecule has 0 aromatic heterocycles. The number of benzene rings is 1. The summed E-state index contributed by atoms with van der Waals surface area (Å²) in [4.78, 5) is 82.3. The van der Waals surface area contributed by atoms with Gasteiger partial charge in [-0.2, -0.15) is 0 Å². The number of primary amides is 1. The predicted octanol–water partition coefficient (Wildman–Crippen LogP) is 1.27. The Labute approximate surface area is 299 Å². The van der Waals surface area contributed by atoms with E-state index in [1.165, 1.54) is 11.0 Å². The van der Waals surface area contributed by atoms with E-state index in [-0.39, 0.29) is 42.1 Å². The number of nitrogens with two attached hydrogens (primary N) is 1. The lowest BCUT2D eigenvalue weighted by Crippen LogP contribution is -2.63. The number of phenols is 1. The lowest BCUT2D eigenvalue weighted by Gasteiger charge is -2.50. The molecule has 0 saturated heterocycles. The normalized spacial score (nSPS) is 24.0. The second-order valence-corrected chi connectivity index (χ2v) is 14.1. The van der Waals surface area contributed by atoms with E-state index < -0.39 is 95.1 Å². The summed E-state index contributed by atoms with van der Waals surface area (Å²) >= 11 is 0. The largest absolute Gasteiger partial charge is 0.510 e. The molecule has 17 nitrogen and oxygen atoms in total. The molecule has 1 fully saturated rings. The Hall–Kier alpha value is -5.16. The number of likely N-dealkylation sites (N-methyl/N-ethyl adjacent to an activating group) is 1. The van der Waals surface area contributed by atoms with Gasteiger partial charge in [0, 0.05) is 37.8 Å². The minimum absolute atomic E-state index is 0.0469. The van der Waals surface area contributed by atoms with Crippen LogP contribution < -0.4 is 16.0 Å². The van der Waals surface area contributed by atoms with Crippen LogP contribution in [0.5, 0.6) is 5.75 Å². The number of Topliss-reactive ketones (excluding diaryl/α,β-unsaturated/α-hetero) is 2. The first kappa shape index (κ1) is 38.1. The minimum atomic E-state index is -2.80. The monoisotopic (exact) mass is 727 g/mol. The van der Waals surface area contributed by atoms with Crippen molar-refractivity contribution in [1.29, 1.82) is 0 Å². The van der Waals surface area contributed by atoms with Gasteiger partial charge in [-0.3, -0.25) is 33.8 Å². The molecule has 0 spiro atoms. The van der Waals surface area contributed by atoms with Crippen molar-refractivity contribution in [1.82, 2.24) is 9.80 Å². The van der Waals surface area contributed by atoms with Crippen LogP contribution in [0.15, 0.2) is 28.7 Å². The van der Waals surface area contributed by atoms with Crippen molar-refractivity contribution in [2.75, 3.05) is 58.3 Å². The number of phenolic OH excluding ortho intramolecular Hbond substituents is 1. The molecule has 0 heterocycles. The number of rotatable bonds is 11. The molecular weight excluding hydrogens is 682 g/mol. The number of ether oxygens (including phenoxy) is 2. The number of hydrogen-bond donors (Lipinski definition) is 6. The molecule has 0 radical (unpaired) electrons. The third-order valence-electron chi connectivity index (χ3n) is 10.4. The lowest BCUT2D eigenvalue weighted by atomic mass is 9.58. The highest BCUT2D eigenvalue weighted by Crippen LogP contribution is 2.54. The zero-order valence-corrected chi connectivity index (χ0v) is 29.7. The molecule has 1 saturated carbocycles. The number of amides is 3. The summed E-state index contributed by atoms with van der Waals surface area (Å²) in [7, 11) is 6.45. The number of hydrogen-bond acceptors (Lipinski definition) is 14. The fraction of sp³-hybridized carbons (Fsp3) is 0.543. The highest BCUT2D eigenvalue weighted by atomic mass is 16.7. The Morgan fingerprint density at radius 2 is 1.73 bits per heavy atom. The van der Waals surface area contributed by atoms with Gasteiger partial charge in [-0.15, -0.1) is 0 Å². The Bertz CT molecular complexity index is 1780. The molecular formula is C35H45N5O12. The number of nitrogens with one attached hydrogen (secondary N) is 1. The first-order valence-electron chi connectivity index (χ1n) is 17.0. The molecule has 52 heavy (non-hydrogen) atoms. The molecule has 4 aliphatic rings. The lowest BCUT2D eigenvalue weighted by molar-refractivity contribution is -0.160. The molecule has 7 N–H and O–H groups in total. The molecule has 17 heteroatoms. The highest BCUT2D eigenvalue weighted by molar-refractivity contribution is 6.25. The van der Waals surface area contributed by atoms with Crippen molar-refractivity contribution in [2.24, 2.45) is 23.5 Å². The van der Waals surface area contributed by atoms with Gasteiger partial charge in [-0.05, 0) is 63.7 Å². The van der Waals surface area contributed by atoms with Crippen LogP contribution in [-0.2, 0) is 35.1 Å². The van der Waals surface area contributed by atoms with Gasteiger partial charge in [0.05, 0.1) is 23.2 Å². The van der Waals surface area contributed by atoms with Crippen LogP contribution in [0.1, 0.15) is 54.9 Å². The zero-order valence-electron chi connectivity index (χ0n) is 29.7. The predicted molar refractivity (Wildman–Crippen MR) is 183 cm³/mol. The average Bonchev–Trinajstić information content (AvgIpc) is 3.02. The van der Waals surface area contributed by atoms with Crippen LogP contribution in [0.4, 0.5) is 16.2 Å². The maximum absolute atomic E-state index is 14.3. The van der Waals surface area contributed by atoms with E-state index in [1.54, 1.807) is 40.0 Å². The van der Waals surface area contributed by atoms with Crippen molar-refractivity contribution in [3.05, 3.63) is 39.9 Å². The molecule has 5 rings (SSSR count). The van der Waals surface area contributed by atoms with Gasteiger partial charge < -0.3 is 45.9 Å². The molecule has 0 aliphatic heterocycles. The maximum atomic E-state index is 14.3. The Morgan fingerprint density at radius 1 is 1.06 bits per heavy atom. The number of aliphatic hydroxyl groups is 3. The summed E-state index contributed by atoms with van der Waals surface area (Å²) in [6.07, 6.45) is 1.86. The van der Waals surface area contributed by atoms with E-state index in [0.29, 0.717) is 30.5 Å². The minimum Gasteiger partial charge on any atom is -0.510 e. The van der Waals surface area contributed by atoms with Crippen molar-refractivity contribution in [3.63, 3.8) is 0 Å². The van der Waals surface area contributed by atoms with Crippen LogP contribution in [0.25, 0.3) is 0 Å². The third kappa shape index (κ3) is 6.42. The van der Waals surface area contributed by atoms with Crippen LogP contribution in [0.2, 0.25) is 0 Å². The van der Waals surface area contributed by atoms with Crippen LogP contribution in [0, 0.1) is 17.8 Å². The molecule has 4 aliphatic carbocycles. The van der Waals surface area contributed by atoms with E-state index >= 15 is 0 Å². The quantitative estimate of drug-likeness (QED) is 0.0814. The molecule has 1 aromatic carbocycles. The molecule has 4 atom stereocenters. The molecule has 3 amide bonds. The van der Waals surface area contributed by atoms with E-state index in [2.05, 4.69) is 5.32 Å². The standard InChI is InChI=1S/C35H45N5O12/c1-6-10-40(34(49)52-15-51-33(48)16-8-7-9-16)14-22(41)37-20-13-21(38(2)3)18-11-17-12-19-26(39(4)5)29(44)25(32(36)47)31(46)35(19,50)30(45)23(17)28(43)24(18)27(20)42/h13,16-17,19,26,42,44-45,50H,6-12,14-15H2,1-5H3,(H2,36,47)(H,37,41)/t17-,19-,26-,35-/m0/s1. The van der Waals surface area contributed by atoms with Gasteiger partial charge in [0.1, 0.15) is 23.6 Å². The summed E-state index contributed by atoms with van der Waals surface area (Å²) in [5.74, 6) is -9.33. The van der Waals surface area contributed by atoms with Crippen LogP contribution >= 0.6 is 0 Å². The summed E-state index contributed by atoms with van der Waals surface area (Å²) in [6, 6.07) is 0.326. The van der Waals surface area contributed by atoms with Gasteiger partial charge in [0.25, 0.3) is 5.91 Å². The van der Waals surface area contributed by atoms with Gasteiger partial charge in [0.2, 0.25) is 18.5 Å². The average molecular weight is 728 g/mol. The second kappa shape index (κ2) is 14.5. The first-order chi connectivity index (χ1) is 24.4. The van der Waals surface area contributed by atoms with Crippen molar-refractivity contribution >= 4 is 46.8 Å². The number of nitrogens with zero attached hydrogens (tertiary/aromatic N) is 3. The van der Waals surface area contributed by atoms with Gasteiger partial charge >= 0.3 is 12.1 Å². The maximum Gasteiger partial charge on any atom is 0.413 e. The molecule has 1 aromatic rings. The Kier molecular flexibility index (Phi) is 10.6. The number of carbonyl (C=O) groups is 6. The third-order valence-corrected chi connectivity index (χ3v) is 10.4. The highest BCUT2D eigenvalue weighted by Gasteiger charge is 2.63.